The van der Waals surface area contributed by atoms with E-state index in [9.17, 15) is 9.59 Å². The number of rotatable bonds is 5. The van der Waals surface area contributed by atoms with Gasteiger partial charge in [0.15, 0.2) is 0 Å². The van der Waals surface area contributed by atoms with E-state index in [0.29, 0.717) is 24.9 Å². The van der Waals surface area contributed by atoms with Crippen molar-refractivity contribution in [3.8, 4) is 11.8 Å². The topological polar surface area (TPSA) is 72.2 Å². The first kappa shape index (κ1) is 16.3. The van der Waals surface area contributed by atoms with Crippen molar-refractivity contribution in [3.05, 3.63) is 71.3 Å². The number of benzene rings is 2. The number of amides is 2. The van der Waals surface area contributed by atoms with Crippen LogP contribution in [-0.2, 0) is 11.2 Å². The lowest BCUT2D eigenvalue weighted by atomic mass is 10.1. The average Bonchev–Trinajstić information content (AvgIpc) is 2.58. The van der Waals surface area contributed by atoms with Crippen LogP contribution in [0.15, 0.2) is 54.6 Å². The van der Waals surface area contributed by atoms with Crippen LogP contribution in [0.5, 0.6) is 0 Å². The van der Waals surface area contributed by atoms with Gasteiger partial charge in [-0.1, -0.05) is 42.2 Å². The van der Waals surface area contributed by atoms with Gasteiger partial charge in [-0.2, -0.15) is 0 Å². The Labute approximate surface area is 135 Å². The van der Waals surface area contributed by atoms with Gasteiger partial charge in [0.25, 0.3) is 0 Å². The van der Waals surface area contributed by atoms with Gasteiger partial charge in [-0.25, -0.2) is 0 Å². The molecule has 0 aromatic heterocycles. The Balaban J connectivity index is 1.74. The number of carbonyl (C=O) groups is 2. The van der Waals surface area contributed by atoms with Crippen molar-refractivity contribution >= 4 is 11.8 Å². The molecule has 0 atom stereocenters. The number of hydrogen-bond acceptors (Lipinski definition) is 2. The first-order valence-electron chi connectivity index (χ1n) is 7.34. The van der Waals surface area contributed by atoms with Gasteiger partial charge in [-0.05, 0) is 36.2 Å². The molecule has 0 unspecified atom stereocenters. The molecule has 2 amide bonds. The highest BCUT2D eigenvalue weighted by Crippen LogP contribution is 2.03. The van der Waals surface area contributed by atoms with Crippen LogP contribution >= 0.6 is 0 Å². The molecular formula is C19H18N2O2. The zero-order chi connectivity index (χ0) is 16.5. The molecule has 2 aromatic rings. The summed E-state index contributed by atoms with van der Waals surface area (Å²) in [5.74, 6) is 5.32. The number of aryl methyl sites for hydroxylation is 1. The summed E-state index contributed by atoms with van der Waals surface area (Å²) in [5, 5.41) is 2.77. The molecule has 0 saturated heterocycles. The normalized spacial score (nSPS) is 9.57. The number of primary amides is 1. The Kier molecular flexibility index (Phi) is 5.96. The summed E-state index contributed by atoms with van der Waals surface area (Å²) in [4.78, 5) is 22.7. The summed E-state index contributed by atoms with van der Waals surface area (Å²) in [6.07, 6.45) is 1.16. The monoisotopic (exact) mass is 306 g/mol. The fraction of sp³-hybridized carbons (Fsp3) is 0.158. The summed E-state index contributed by atoms with van der Waals surface area (Å²) < 4.78 is 0. The summed E-state index contributed by atoms with van der Waals surface area (Å²) in [7, 11) is 0. The smallest absolute Gasteiger partial charge is 0.248 e. The van der Waals surface area contributed by atoms with Gasteiger partial charge >= 0.3 is 0 Å². The van der Waals surface area contributed by atoms with E-state index < -0.39 is 5.91 Å². The van der Waals surface area contributed by atoms with Gasteiger partial charge < -0.3 is 11.1 Å². The van der Waals surface area contributed by atoms with Crippen LogP contribution < -0.4 is 11.1 Å². The molecule has 0 fully saturated rings. The minimum atomic E-state index is -0.463. The van der Waals surface area contributed by atoms with E-state index in [0.717, 1.165) is 11.1 Å². The van der Waals surface area contributed by atoms with Crippen molar-refractivity contribution in [2.45, 2.75) is 12.8 Å². The summed E-state index contributed by atoms with van der Waals surface area (Å²) in [6, 6.07) is 16.6. The quantitative estimate of drug-likeness (QED) is 0.828. The van der Waals surface area contributed by atoms with Gasteiger partial charge in [-0.3, -0.25) is 9.59 Å². The summed E-state index contributed by atoms with van der Waals surface area (Å²) >= 11 is 0. The minimum Gasteiger partial charge on any atom is -0.366 e. The van der Waals surface area contributed by atoms with Gasteiger partial charge in [0.05, 0.1) is 6.54 Å². The van der Waals surface area contributed by atoms with Crippen LogP contribution in [0.1, 0.15) is 27.9 Å². The van der Waals surface area contributed by atoms with Crippen molar-refractivity contribution in [3.63, 3.8) is 0 Å². The lowest BCUT2D eigenvalue weighted by Crippen LogP contribution is -2.23. The third-order valence-corrected chi connectivity index (χ3v) is 3.26. The highest BCUT2D eigenvalue weighted by Gasteiger charge is 2.00. The van der Waals surface area contributed by atoms with Crippen LogP contribution in [0.25, 0.3) is 0 Å². The Morgan fingerprint density at radius 1 is 1.00 bits per heavy atom. The van der Waals surface area contributed by atoms with E-state index in [1.54, 1.807) is 24.3 Å². The zero-order valence-corrected chi connectivity index (χ0v) is 12.7. The molecule has 0 heterocycles. The maximum absolute atomic E-state index is 11.7. The third kappa shape index (κ3) is 5.68. The maximum atomic E-state index is 11.7. The summed E-state index contributed by atoms with van der Waals surface area (Å²) in [6.45, 7) is 0.297. The third-order valence-electron chi connectivity index (χ3n) is 3.26. The Morgan fingerprint density at radius 3 is 2.35 bits per heavy atom. The van der Waals surface area contributed by atoms with Crippen LogP contribution in [0.3, 0.4) is 0 Å². The summed E-state index contributed by atoms with van der Waals surface area (Å²) in [5.41, 5.74) is 7.53. The largest absolute Gasteiger partial charge is 0.366 e. The molecule has 0 spiro atoms. The standard InChI is InChI=1S/C19H18N2O2/c20-19(23)17-11-8-16(9-12-17)7-4-14-21-18(22)13-10-15-5-2-1-3-6-15/h1-3,5-6,8-9,11-12H,10,13-14H2,(H2,20,23)(H,21,22). The second-order valence-electron chi connectivity index (χ2n) is 5.01. The van der Waals surface area contributed by atoms with E-state index in [1.807, 2.05) is 30.3 Å². The molecule has 0 radical (unpaired) electrons. The van der Waals surface area contributed by atoms with Gasteiger partial charge in [0.1, 0.15) is 0 Å². The number of nitrogens with two attached hydrogens (primary N) is 1. The molecule has 23 heavy (non-hydrogen) atoms. The van der Waals surface area contributed by atoms with Gasteiger partial charge in [-0.15, -0.1) is 0 Å². The lowest BCUT2D eigenvalue weighted by molar-refractivity contribution is -0.120. The number of hydrogen-bond donors (Lipinski definition) is 2. The fourth-order valence-electron chi connectivity index (χ4n) is 2.00. The van der Waals surface area contributed by atoms with Crippen LogP contribution in [0.2, 0.25) is 0 Å². The minimum absolute atomic E-state index is 0.0211. The highest BCUT2D eigenvalue weighted by atomic mass is 16.1. The SMILES string of the molecule is NC(=O)c1ccc(C#CCNC(=O)CCc2ccccc2)cc1. The van der Waals surface area contributed by atoms with E-state index in [1.165, 1.54) is 0 Å². The second-order valence-corrected chi connectivity index (χ2v) is 5.01. The zero-order valence-electron chi connectivity index (χ0n) is 12.7. The van der Waals surface area contributed by atoms with Crippen molar-refractivity contribution < 1.29 is 9.59 Å². The first-order valence-corrected chi connectivity index (χ1v) is 7.34. The van der Waals surface area contributed by atoms with Gasteiger partial charge in [0, 0.05) is 17.5 Å². The van der Waals surface area contributed by atoms with Crippen molar-refractivity contribution in [1.82, 2.24) is 5.32 Å². The highest BCUT2D eigenvalue weighted by molar-refractivity contribution is 5.92. The molecule has 2 rings (SSSR count). The maximum Gasteiger partial charge on any atom is 0.248 e. The van der Waals surface area contributed by atoms with Crippen LogP contribution in [0, 0.1) is 11.8 Å². The Hall–Kier alpha value is -3.06. The second kappa shape index (κ2) is 8.40. The Bertz CT molecular complexity index is 725. The molecule has 116 valence electrons. The average molecular weight is 306 g/mol. The molecule has 0 aliphatic carbocycles. The molecular weight excluding hydrogens is 288 g/mol. The number of nitrogens with one attached hydrogen (secondary N) is 1. The predicted molar refractivity (Wildman–Crippen MR) is 89.6 cm³/mol. The molecule has 0 aliphatic rings. The van der Waals surface area contributed by atoms with Crippen molar-refractivity contribution in [2.75, 3.05) is 6.54 Å². The molecule has 4 nitrogen and oxygen atoms in total. The van der Waals surface area contributed by atoms with Crippen LogP contribution in [0.4, 0.5) is 0 Å². The molecule has 0 aliphatic heterocycles. The van der Waals surface area contributed by atoms with Crippen molar-refractivity contribution in [1.29, 1.82) is 0 Å². The lowest BCUT2D eigenvalue weighted by Gasteiger charge is -2.01. The van der Waals surface area contributed by atoms with E-state index in [-0.39, 0.29) is 5.91 Å². The van der Waals surface area contributed by atoms with Crippen molar-refractivity contribution in [2.24, 2.45) is 5.73 Å². The molecule has 3 N–H and O–H groups in total. The molecule has 4 heteroatoms. The Morgan fingerprint density at radius 2 is 1.70 bits per heavy atom. The van der Waals surface area contributed by atoms with E-state index in [2.05, 4.69) is 17.2 Å². The fourth-order valence-corrected chi connectivity index (χ4v) is 2.00. The van der Waals surface area contributed by atoms with E-state index >= 15 is 0 Å². The predicted octanol–water partition coefficient (Wildman–Crippen LogP) is 1.89. The first-order chi connectivity index (χ1) is 11.1. The number of carbonyl (C=O) groups excluding carboxylic acids is 2. The molecule has 2 aromatic carbocycles. The molecule has 0 bridgehead atoms. The van der Waals surface area contributed by atoms with E-state index in [4.69, 9.17) is 5.73 Å². The molecule has 0 saturated carbocycles. The van der Waals surface area contributed by atoms with Gasteiger partial charge in [0.2, 0.25) is 11.8 Å². The van der Waals surface area contributed by atoms with Crippen LogP contribution in [-0.4, -0.2) is 18.4 Å².